The van der Waals surface area contributed by atoms with Crippen LogP contribution in [0.25, 0.3) is 21.5 Å². The zero-order valence-corrected chi connectivity index (χ0v) is 43.0. The van der Waals surface area contributed by atoms with Gasteiger partial charge in [-0.25, -0.2) is 9.98 Å². The Labute approximate surface area is 442 Å². The molecule has 10 rings (SSSR count). The molecule has 0 amide bonds. The van der Waals surface area contributed by atoms with Gasteiger partial charge in [0, 0.05) is 0 Å². The molecule has 14 heteroatoms. The molecular formula is C60H55F6N2O4PPd+. The Morgan fingerprint density at radius 2 is 0.743 bits per heavy atom. The van der Waals surface area contributed by atoms with Crippen LogP contribution in [0.3, 0.4) is 0 Å². The van der Waals surface area contributed by atoms with Crippen molar-refractivity contribution in [1.82, 2.24) is 0 Å². The van der Waals surface area contributed by atoms with Crippen molar-refractivity contribution in [1.29, 1.82) is 0 Å². The Kier molecular flexibility index (Phi) is 17.4. The number of benzene rings is 8. The fraction of sp³-hybridized carbons (Fsp3) is 0.183. The van der Waals surface area contributed by atoms with Crippen molar-refractivity contribution in [3.8, 4) is 0 Å². The fourth-order valence-corrected chi connectivity index (χ4v) is 9.07. The molecule has 0 saturated carbocycles. The molecule has 2 heterocycles. The number of rotatable bonds is 14. The summed E-state index contributed by atoms with van der Waals surface area (Å²) in [6, 6.07) is 70.6. The first-order chi connectivity index (χ1) is 34.9. The van der Waals surface area contributed by atoms with Gasteiger partial charge < -0.3 is 18.9 Å². The van der Waals surface area contributed by atoms with Crippen molar-refractivity contribution < 1.29 is 64.6 Å². The Morgan fingerprint density at radius 1 is 0.473 bits per heavy atom. The molecule has 2 aliphatic heterocycles. The third-order valence-electron chi connectivity index (χ3n) is 12.4. The van der Waals surface area contributed by atoms with Crippen LogP contribution in [0.2, 0.25) is 0 Å². The van der Waals surface area contributed by atoms with Crippen molar-refractivity contribution in [3.05, 3.63) is 260 Å². The van der Waals surface area contributed by atoms with E-state index in [4.69, 9.17) is 28.9 Å². The van der Waals surface area contributed by atoms with Crippen LogP contribution in [-0.4, -0.2) is 37.2 Å². The van der Waals surface area contributed by atoms with E-state index in [1.165, 1.54) is 6.42 Å². The first kappa shape index (κ1) is 55.6. The Balaban J connectivity index is 0.000000666. The molecule has 0 spiro atoms. The van der Waals surface area contributed by atoms with Gasteiger partial charge in [-0.2, -0.15) is 0 Å². The quantitative estimate of drug-likeness (QED) is 0.0618. The van der Waals surface area contributed by atoms with E-state index in [0.29, 0.717) is 25.0 Å². The van der Waals surface area contributed by atoms with Crippen LogP contribution in [0.5, 0.6) is 0 Å². The second kappa shape index (κ2) is 23.1. The zero-order valence-electron chi connectivity index (χ0n) is 40.6. The molecule has 2 aliphatic rings. The van der Waals surface area contributed by atoms with Crippen LogP contribution in [-0.2, 0) is 39.4 Å². The van der Waals surface area contributed by atoms with Gasteiger partial charge in [0.05, 0.1) is 13.2 Å². The summed E-state index contributed by atoms with van der Waals surface area (Å²) in [4.78, 5) is 11.0. The van der Waals surface area contributed by atoms with Gasteiger partial charge in [0.2, 0.25) is 0 Å². The number of nitrogens with zero attached hydrogens (tertiary/aromatic N) is 2. The fourth-order valence-electron chi connectivity index (χ4n) is 9.07. The van der Waals surface area contributed by atoms with Gasteiger partial charge in [-0.05, 0) is 89.0 Å². The van der Waals surface area contributed by atoms with E-state index in [9.17, 15) is 25.2 Å². The number of hydrogen-bond acceptors (Lipinski definition) is 6. The summed E-state index contributed by atoms with van der Waals surface area (Å²) in [5, 5.41) is 4.58. The summed E-state index contributed by atoms with van der Waals surface area (Å²) in [6.45, 7) is 11.3. The molecule has 8 aromatic carbocycles. The molecule has 74 heavy (non-hydrogen) atoms. The summed E-state index contributed by atoms with van der Waals surface area (Å²) < 4.78 is 87.2. The molecule has 8 aromatic rings. The Morgan fingerprint density at radius 3 is 1.05 bits per heavy atom. The van der Waals surface area contributed by atoms with E-state index in [-0.39, 0.29) is 44.7 Å². The van der Waals surface area contributed by atoms with Gasteiger partial charge in [0.25, 0.3) is 0 Å². The monoisotopic (exact) mass is 1120 g/mol. The van der Waals surface area contributed by atoms with E-state index in [2.05, 4.69) is 210 Å². The Bertz CT molecular complexity index is 2860. The SMILES string of the molecule is CC(C)(C1=N[C@H](c2cccc3ccccc23)[C@@H](COC(c2ccccc2)c2ccccc2)O1)C1=N[C@H](c2cccc3ccccc23)[C@@H](COC(c2ccccc2)c2ccccc2)O1.F[P-](F)(F)(F)(F)F.[CH2][CH][CH2].[Pd+2]. The zero-order chi connectivity index (χ0) is 51.7. The van der Waals surface area contributed by atoms with E-state index < -0.39 is 25.4 Å². The summed E-state index contributed by atoms with van der Waals surface area (Å²) >= 11 is 0. The molecule has 0 fully saturated rings. The second-order valence-electron chi connectivity index (χ2n) is 18.1. The largest absolute Gasteiger partial charge is 2.00 e. The smallest absolute Gasteiger partial charge is 0.0499 e. The van der Waals surface area contributed by atoms with E-state index in [1.807, 2.05) is 24.3 Å². The second-order valence-corrected chi connectivity index (χ2v) is 20.1. The molecule has 0 aliphatic carbocycles. The molecular weight excluding hydrogens is 1060 g/mol. The summed E-state index contributed by atoms with van der Waals surface area (Å²) in [7, 11) is -10.7. The normalized spacial score (nSPS) is 18.3. The molecule has 0 unspecified atom stereocenters. The van der Waals surface area contributed by atoms with Gasteiger partial charge >= 0.3 is 53.4 Å². The van der Waals surface area contributed by atoms with Gasteiger partial charge in [0.15, 0.2) is 11.8 Å². The summed E-state index contributed by atoms with van der Waals surface area (Å²) in [5.74, 6) is 1.13. The van der Waals surface area contributed by atoms with Crippen LogP contribution >= 0.6 is 7.81 Å². The van der Waals surface area contributed by atoms with E-state index >= 15 is 0 Å². The Hall–Kier alpha value is -6.19. The van der Waals surface area contributed by atoms with Crippen LogP contribution in [0.4, 0.5) is 25.2 Å². The maximum atomic E-state index is 9.87. The van der Waals surface area contributed by atoms with E-state index in [1.54, 1.807) is 0 Å². The van der Waals surface area contributed by atoms with Crippen molar-refractivity contribution in [2.24, 2.45) is 15.4 Å². The average Bonchev–Trinajstić information content (AvgIpc) is 4.03. The van der Waals surface area contributed by atoms with Crippen LogP contribution in [0.15, 0.2) is 216 Å². The predicted octanol–water partition coefficient (Wildman–Crippen LogP) is 17.2. The maximum Gasteiger partial charge on any atom is 2.00 e. The summed E-state index contributed by atoms with van der Waals surface area (Å²) in [6.07, 6.45) is 0.0724. The number of halogens is 6. The van der Waals surface area contributed by atoms with Crippen molar-refractivity contribution in [2.75, 3.05) is 13.2 Å². The third-order valence-corrected chi connectivity index (χ3v) is 12.4. The van der Waals surface area contributed by atoms with Crippen molar-refractivity contribution in [3.63, 3.8) is 0 Å². The predicted molar refractivity (Wildman–Crippen MR) is 282 cm³/mol. The van der Waals surface area contributed by atoms with Gasteiger partial charge in [-0.3, -0.25) is 0 Å². The molecule has 3 radical (unpaired) electrons. The molecule has 0 N–H and O–H groups in total. The first-order valence-corrected chi connectivity index (χ1v) is 25.8. The summed E-state index contributed by atoms with van der Waals surface area (Å²) in [5.41, 5.74) is 5.64. The number of aliphatic imine (C=N–C) groups is 2. The van der Waals surface area contributed by atoms with Gasteiger partial charge in [0.1, 0.15) is 41.9 Å². The minimum Gasteiger partial charge on any atom is -0.0499 e. The van der Waals surface area contributed by atoms with Crippen LogP contribution in [0, 0.1) is 25.7 Å². The average molecular weight is 1120 g/mol. The van der Waals surface area contributed by atoms with Gasteiger partial charge in [-0.15, -0.1) is 0 Å². The molecule has 6 nitrogen and oxygen atoms in total. The third kappa shape index (κ3) is 14.6. The minimum atomic E-state index is -10.7. The first-order valence-electron chi connectivity index (χ1n) is 23.7. The number of hydrogen-bond donors (Lipinski definition) is 0. The number of ether oxygens (including phenoxy) is 4. The molecule has 4 atom stereocenters. The molecule has 0 bridgehead atoms. The minimum absolute atomic E-state index is 0. The maximum absolute atomic E-state index is 10.7. The van der Waals surface area contributed by atoms with Crippen LogP contribution < -0.4 is 0 Å². The topological polar surface area (TPSA) is 61.6 Å². The molecule has 0 saturated heterocycles. The van der Waals surface area contributed by atoms with Crippen LogP contribution in [0.1, 0.15) is 71.5 Å². The molecule has 0 aromatic heterocycles. The number of fused-ring (bicyclic) bond motifs is 2. The molecule has 385 valence electrons. The van der Waals surface area contributed by atoms with Crippen molar-refractivity contribution in [2.45, 2.75) is 50.3 Å². The van der Waals surface area contributed by atoms with Crippen molar-refractivity contribution >= 4 is 41.1 Å². The van der Waals surface area contributed by atoms with Gasteiger partial charge in [-0.1, -0.05) is 206 Å². The standard InChI is InChI=1S/C57H50N2O4.C3H5.F6P.Pd/c1-57(2,55-58-51(47-35-19-31-39-21-15-17-33-45(39)47)49(62-55)37-60-53(41-23-7-3-8-24-41)42-25-9-4-10-26-42)56-59-52(48-36-20-32-40-22-16-18-34-46(40)48)50(63-56)38-61-54(43-27-11-5-12-28-43)44-29-13-6-14-30-44;1-3-2;1-7(2,3,4,5)6;/h3-36,49-54H,37-38H2,1-2H3;3H,1-2H2;;/q;;-1;+2/t49-,50-,51-,52-;;;/m1.../s1. The van der Waals surface area contributed by atoms with E-state index in [0.717, 1.165) is 54.9 Å².